The second kappa shape index (κ2) is 7.75. The Labute approximate surface area is 157 Å². The van der Waals surface area contributed by atoms with E-state index < -0.39 is 0 Å². The van der Waals surface area contributed by atoms with Crippen molar-refractivity contribution in [3.8, 4) is 5.75 Å². The van der Waals surface area contributed by atoms with Gasteiger partial charge in [-0.15, -0.1) is 11.3 Å². The number of aromatic nitrogens is 2. The van der Waals surface area contributed by atoms with Gasteiger partial charge in [-0.2, -0.15) is 0 Å². The fraction of sp³-hybridized carbons (Fsp3) is 0.227. The first kappa shape index (κ1) is 16.9. The molecule has 0 saturated heterocycles. The zero-order valence-electron chi connectivity index (χ0n) is 14.9. The van der Waals surface area contributed by atoms with E-state index in [4.69, 9.17) is 9.72 Å². The number of aryl methyl sites for hydroxylation is 2. The van der Waals surface area contributed by atoms with E-state index in [0.29, 0.717) is 6.61 Å². The Bertz CT molecular complexity index is 988. The summed E-state index contributed by atoms with van der Waals surface area (Å²) in [6, 6.07) is 20.8. The lowest BCUT2D eigenvalue weighted by molar-refractivity contribution is 0.300. The lowest BCUT2D eigenvalue weighted by Gasteiger charge is -2.11. The number of para-hydroxylation sites is 3. The van der Waals surface area contributed by atoms with Crippen molar-refractivity contribution in [3.05, 3.63) is 82.3 Å². The molecule has 2 heterocycles. The highest BCUT2D eigenvalue weighted by Crippen LogP contribution is 2.21. The SMILES string of the molecule is Cc1ccccc1OCCCn1c(Cc2cccs2)nc2ccccc21. The first-order chi connectivity index (χ1) is 12.8. The van der Waals surface area contributed by atoms with Crippen LogP contribution in [-0.4, -0.2) is 16.2 Å². The lowest BCUT2D eigenvalue weighted by atomic mass is 10.2. The van der Waals surface area contributed by atoms with Crippen molar-refractivity contribution >= 4 is 22.4 Å². The van der Waals surface area contributed by atoms with Gasteiger partial charge in [-0.05, 0) is 48.6 Å². The van der Waals surface area contributed by atoms with E-state index >= 15 is 0 Å². The summed E-state index contributed by atoms with van der Waals surface area (Å²) in [6.07, 6.45) is 1.83. The number of benzene rings is 2. The summed E-state index contributed by atoms with van der Waals surface area (Å²) in [5, 5.41) is 2.12. The van der Waals surface area contributed by atoms with Crippen molar-refractivity contribution < 1.29 is 4.74 Å². The van der Waals surface area contributed by atoms with Gasteiger partial charge in [0.15, 0.2) is 0 Å². The largest absolute Gasteiger partial charge is 0.493 e. The monoisotopic (exact) mass is 362 g/mol. The van der Waals surface area contributed by atoms with Crippen LogP contribution < -0.4 is 4.74 Å². The molecule has 26 heavy (non-hydrogen) atoms. The molecule has 0 aliphatic rings. The molecular weight excluding hydrogens is 340 g/mol. The highest BCUT2D eigenvalue weighted by atomic mass is 32.1. The third kappa shape index (κ3) is 3.65. The summed E-state index contributed by atoms with van der Waals surface area (Å²) in [5.74, 6) is 2.10. The third-order valence-corrected chi connectivity index (χ3v) is 5.40. The number of imidazole rings is 1. The minimum Gasteiger partial charge on any atom is -0.493 e. The summed E-state index contributed by atoms with van der Waals surface area (Å²) in [7, 11) is 0. The van der Waals surface area contributed by atoms with Crippen molar-refractivity contribution in [2.75, 3.05) is 6.61 Å². The Morgan fingerprint density at radius 2 is 1.85 bits per heavy atom. The van der Waals surface area contributed by atoms with Crippen LogP contribution in [0.3, 0.4) is 0 Å². The zero-order chi connectivity index (χ0) is 17.8. The molecule has 4 heteroatoms. The number of hydrogen-bond donors (Lipinski definition) is 0. The van der Waals surface area contributed by atoms with Crippen molar-refractivity contribution in [2.24, 2.45) is 0 Å². The average molecular weight is 362 g/mol. The maximum absolute atomic E-state index is 5.96. The van der Waals surface area contributed by atoms with Gasteiger partial charge in [-0.25, -0.2) is 4.98 Å². The predicted octanol–water partition coefficient (Wildman–Crippen LogP) is 5.47. The fourth-order valence-corrected chi connectivity index (χ4v) is 3.90. The Morgan fingerprint density at radius 1 is 1.00 bits per heavy atom. The van der Waals surface area contributed by atoms with Crippen LogP contribution >= 0.6 is 11.3 Å². The van der Waals surface area contributed by atoms with E-state index in [1.54, 1.807) is 11.3 Å². The number of fused-ring (bicyclic) bond motifs is 1. The molecule has 0 aliphatic heterocycles. The topological polar surface area (TPSA) is 27.1 Å². The summed E-state index contributed by atoms with van der Waals surface area (Å²) < 4.78 is 8.30. The normalized spacial score (nSPS) is 11.1. The Kier molecular flexibility index (Phi) is 5.02. The molecular formula is C22H22N2OS. The molecule has 0 N–H and O–H groups in total. The van der Waals surface area contributed by atoms with Gasteiger partial charge >= 0.3 is 0 Å². The number of ether oxygens (including phenoxy) is 1. The van der Waals surface area contributed by atoms with Crippen LogP contribution in [0.25, 0.3) is 11.0 Å². The molecule has 4 aromatic rings. The van der Waals surface area contributed by atoms with Crippen molar-refractivity contribution in [1.82, 2.24) is 9.55 Å². The second-order valence-electron chi connectivity index (χ2n) is 6.39. The van der Waals surface area contributed by atoms with Crippen LogP contribution in [0.2, 0.25) is 0 Å². The molecule has 0 radical (unpaired) electrons. The van der Waals surface area contributed by atoms with Crippen LogP contribution in [-0.2, 0) is 13.0 Å². The number of rotatable bonds is 7. The molecule has 0 atom stereocenters. The van der Waals surface area contributed by atoms with Crippen LogP contribution in [0, 0.1) is 6.92 Å². The number of hydrogen-bond acceptors (Lipinski definition) is 3. The summed E-state index contributed by atoms with van der Waals surface area (Å²) in [6.45, 7) is 3.70. The van der Waals surface area contributed by atoms with E-state index in [1.165, 1.54) is 16.0 Å². The van der Waals surface area contributed by atoms with Gasteiger partial charge in [0.05, 0.1) is 17.6 Å². The van der Waals surface area contributed by atoms with E-state index in [1.807, 2.05) is 18.2 Å². The molecule has 0 amide bonds. The maximum Gasteiger partial charge on any atom is 0.122 e. The quantitative estimate of drug-likeness (QED) is 0.408. The standard InChI is InChI=1S/C22H22N2OS/c1-17-8-2-5-12-21(17)25-14-7-13-24-20-11-4-3-10-19(20)23-22(24)16-18-9-6-15-26-18/h2-6,8-12,15H,7,13-14,16H2,1H3. The van der Waals surface area contributed by atoms with Gasteiger partial charge in [0.25, 0.3) is 0 Å². The van der Waals surface area contributed by atoms with Crippen LogP contribution in [0.15, 0.2) is 66.0 Å². The predicted molar refractivity (Wildman–Crippen MR) is 108 cm³/mol. The molecule has 2 aromatic heterocycles. The van der Waals surface area contributed by atoms with E-state index in [2.05, 4.69) is 59.3 Å². The molecule has 0 unspecified atom stereocenters. The first-order valence-electron chi connectivity index (χ1n) is 8.96. The van der Waals surface area contributed by atoms with E-state index in [-0.39, 0.29) is 0 Å². The van der Waals surface area contributed by atoms with Gasteiger partial charge in [0.2, 0.25) is 0 Å². The lowest BCUT2D eigenvalue weighted by Crippen LogP contribution is -2.08. The molecule has 4 rings (SSSR count). The van der Waals surface area contributed by atoms with Gasteiger partial charge in [-0.1, -0.05) is 36.4 Å². The Hall–Kier alpha value is -2.59. The fourth-order valence-electron chi connectivity index (χ4n) is 3.20. The molecule has 0 aliphatic carbocycles. The molecule has 0 fully saturated rings. The molecule has 0 spiro atoms. The smallest absolute Gasteiger partial charge is 0.122 e. The average Bonchev–Trinajstić information content (AvgIpc) is 3.28. The van der Waals surface area contributed by atoms with E-state index in [0.717, 1.165) is 36.5 Å². The highest BCUT2D eigenvalue weighted by Gasteiger charge is 2.11. The molecule has 2 aromatic carbocycles. The van der Waals surface area contributed by atoms with E-state index in [9.17, 15) is 0 Å². The van der Waals surface area contributed by atoms with Crippen molar-refractivity contribution in [1.29, 1.82) is 0 Å². The van der Waals surface area contributed by atoms with Crippen LogP contribution in [0.5, 0.6) is 5.75 Å². The summed E-state index contributed by atoms with van der Waals surface area (Å²) >= 11 is 1.79. The minimum absolute atomic E-state index is 0.704. The minimum atomic E-state index is 0.704. The van der Waals surface area contributed by atoms with Gasteiger partial charge in [0, 0.05) is 17.8 Å². The van der Waals surface area contributed by atoms with Crippen molar-refractivity contribution in [2.45, 2.75) is 26.3 Å². The van der Waals surface area contributed by atoms with Crippen LogP contribution in [0.1, 0.15) is 22.7 Å². The maximum atomic E-state index is 5.96. The highest BCUT2D eigenvalue weighted by molar-refractivity contribution is 7.09. The van der Waals surface area contributed by atoms with Gasteiger partial charge in [-0.3, -0.25) is 0 Å². The molecule has 3 nitrogen and oxygen atoms in total. The van der Waals surface area contributed by atoms with Gasteiger partial charge < -0.3 is 9.30 Å². The second-order valence-corrected chi connectivity index (χ2v) is 7.42. The molecule has 132 valence electrons. The summed E-state index contributed by atoms with van der Waals surface area (Å²) in [4.78, 5) is 6.21. The zero-order valence-corrected chi connectivity index (χ0v) is 15.7. The number of nitrogens with zero attached hydrogens (tertiary/aromatic N) is 2. The van der Waals surface area contributed by atoms with Crippen LogP contribution in [0.4, 0.5) is 0 Å². The first-order valence-corrected chi connectivity index (χ1v) is 9.84. The van der Waals surface area contributed by atoms with Crippen molar-refractivity contribution in [3.63, 3.8) is 0 Å². The molecule has 0 bridgehead atoms. The molecule has 0 saturated carbocycles. The third-order valence-electron chi connectivity index (χ3n) is 4.52. The van der Waals surface area contributed by atoms with Gasteiger partial charge in [0.1, 0.15) is 11.6 Å². The Balaban J connectivity index is 1.48. The number of thiophene rings is 1. The Morgan fingerprint density at radius 3 is 2.69 bits per heavy atom. The summed E-state index contributed by atoms with van der Waals surface area (Å²) in [5.41, 5.74) is 3.45.